The first-order valence-electron chi connectivity index (χ1n) is 7.70. The Bertz CT molecular complexity index is 934. The van der Waals surface area contributed by atoms with Gasteiger partial charge in [0, 0.05) is 24.1 Å². The first-order valence-corrected chi connectivity index (χ1v) is 7.70. The molecule has 2 amide bonds. The molecule has 0 aliphatic rings. The highest BCUT2D eigenvalue weighted by atomic mass is 16.5. The lowest BCUT2D eigenvalue weighted by molar-refractivity contribution is 0.102. The van der Waals surface area contributed by atoms with E-state index in [1.165, 1.54) is 18.5 Å². The van der Waals surface area contributed by atoms with Crippen LogP contribution in [0.2, 0.25) is 0 Å². The summed E-state index contributed by atoms with van der Waals surface area (Å²) in [4.78, 5) is 28.6. The average Bonchev–Trinajstić information content (AvgIpc) is 3.07. The van der Waals surface area contributed by atoms with Crippen LogP contribution in [0, 0.1) is 6.92 Å². The SMILES string of the molecule is COc1ccc(NC(=O)c2cncc(C(=O)Nc3cc(C)on3)c2)cc1. The number of amides is 2. The van der Waals surface area contributed by atoms with E-state index in [9.17, 15) is 9.59 Å². The number of nitrogens with one attached hydrogen (secondary N) is 2. The van der Waals surface area contributed by atoms with E-state index < -0.39 is 5.91 Å². The van der Waals surface area contributed by atoms with Gasteiger partial charge in [0.2, 0.25) is 0 Å². The number of carbonyl (C=O) groups is 2. The van der Waals surface area contributed by atoms with Crippen molar-refractivity contribution in [2.24, 2.45) is 0 Å². The molecular formula is C18H16N4O4. The van der Waals surface area contributed by atoms with Crippen LogP contribution in [0.15, 0.2) is 53.3 Å². The van der Waals surface area contributed by atoms with Crippen molar-refractivity contribution in [3.05, 3.63) is 65.7 Å². The van der Waals surface area contributed by atoms with E-state index >= 15 is 0 Å². The van der Waals surface area contributed by atoms with Gasteiger partial charge >= 0.3 is 0 Å². The molecular weight excluding hydrogens is 336 g/mol. The van der Waals surface area contributed by atoms with Crippen LogP contribution in [0.3, 0.4) is 0 Å². The van der Waals surface area contributed by atoms with Crippen molar-refractivity contribution in [2.45, 2.75) is 6.92 Å². The van der Waals surface area contributed by atoms with Crippen molar-refractivity contribution < 1.29 is 18.8 Å². The second-order valence-electron chi connectivity index (χ2n) is 5.42. The lowest BCUT2D eigenvalue weighted by Gasteiger charge is -2.07. The summed E-state index contributed by atoms with van der Waals surface area (Å²) < 4.78 is 9.96. The Hall–Kier alpha value is -3.68. The van der Waals surface area contributed by atoms with Gasteiger partial charge in [-0.05, 0) is 37.3 Å². The molecule has 8 nitrogen and oxygen atoms in total. The molecule has 0 aliphatic heterocycles. The molecule has 8 heteroatoms. The number of pyridine rings is 1. The van der Waals surface area contributed by atoms with E-state index in [4.69, 9.17) is 9.26 Å². The van der Waals surface area contributed by atoms with E-state index in [0.29, 0.717) is 23.0 Å². The fourth-order valence-electron chi connectivity index (χ4n) is 2.18. The van der Waals surface area contributed by atoms with Crippen LogP contribution < -0.4 is 15.4 Å². The third kappa shape index (κ3) is 4.04. The van der Waals surface area contributed by atoms with Gasteiger partial charge in [-0.25, -0.2) is 0 Å². The van der Waals surface area contributed by atoms with Gasteiger partial charge < -0.3 is 19.9 Å². The summed E-state index contributed by atoms with van der Waals surface area (Å²) >= 11 is 0. The zero-order chi connectivity index (χ0) is 18.5. The number of carbonyl (C=O) groups excluding carboxylic acids is 2. The monoisotopic (exact) mass is 352 g/mol. The van der Waals surface area contributed by atoms with Gasteiger partial charge in [-0.15, -0.1) is 0 Å². The zero-order valence-corrected chi connectivity index (χ0v) is 14.1. The number of nitrogens with zero attached hydrogens (tertiary/aromatic N) is 2. The Morgan fingerprint density at radius 3 is 2.23 bits per heavy atom. The highest BCUT2D eigenvalue weighted by molar-refractivity contribution is 6.08. The highest BCUT2D eigenvalue weighted by Gasteiger charge is 2.13. The maximum atomic E-state index is 12.4. The molecule has 0 aliphatic carbocycles. The normalized spacial score (nSPS) is 10.2. The number of anilines is 2. The summed E-state index contributed by atoms with van der Waals surface area (Å²) in [6.45, 7) is 1.72. The lowest BCUT2D eigenvalue weighted by Crippen LogP contribution is -2.16. The Labute approximate surface area is 149 Å². The quantitative estimate of drug-likeness (QED) is 0.731. The number of aryl methyl sites for hydroxylation is 1. The maximum absolute atomic E-state index is 12.4. The average molecular weight is 352 g/mol. The van der Waals surface area contributed by atoms with Crippen LogP contribution in [-0.2, 0) is 0 Å². The van der Waals surface area contributed by atoms with Crippen molar-refractivity contribution in [3.63, 3.8) is 0 Å². The molecule has 0 bridgehead atoms. The largest absolute Gasteiger partial charge is 0.497 e. The van der Waals surface area contributed by atoms with Crippen molar-refractivity contribution in [2.75, 3.05) is 17.7 Å². The number of ether oxygens (including phenoxy) is 1. The smallest absolute Gasteiger partial charge is 0.258 e. The second kappa shape index (κ2) is 7.47. The van der Waals surface area contributed by atoms with Crippen LogP contribution in [0.5, 0.6) is 5.75 Å². The summed E-state index contributed by atoms with van der Waals surface area (Å²) in [7, 11) is 1.57. The molecule has 0 atom stereocenters. The topological polar surface area (TPSA) is 106 Å². The molecule has 0 unspecified atom stereocenters. The van der Waals surface area contributed by atoms with Crippen molar-refractivity contribution in [3.8, 4) is 5.75 Å². The van der Waals surface area contributed by atoms with Crippen molar-refractivity contribution in [1.29, 1.82) is 0 Å². The molecule has 26 heavy (non-hydrogen) atoms. The van der Waals surface area contributed by atoms with Gasteiger partial charge in [0.05, 0.1) is 18.2 Å². The predicted octanol–water partition coefficient (Wildman–Crippen LogP) is 2.89. The van der Waals surface area contributed by atoms with Crippen molar-refractivity contribution in [1.82, 2.24) is 10.1 Å². The van der Waals surface area contributed by atoms with Crippen LogP contribution in [0.4, 0.5) is 11.5 Å². The fourth-order valence-corrected chi connectivity index (χ4v) is 2.18. The molecule has 0 fully saturated rings. The summed E-state index contributed by atoms with van der Waals surface area (Å²) in [5.41, 5.74) is 1.08. The van der Waals surface area contributed by atoms with Gasteiger partial charge in [-0.3, -0.25) is 14.6 Å². The molecule has 3 rings (SSSR count). The van der Waals surface area contributed by atoms with Gasteiger partial charge in [0.15, 0.2) is 5.82 Å². The lowest BCUT2D eigenvalue weighted by atomic mass is 10.2. The third-order valence-electron chi connectivity index (χ3n) is 3.48. The standard InChI is InChI=1S/C18H16N4O4/c1-11-7-16(22-26-11)21-18(24)13-8-12(9-19-10-13)17(23)20-14-3-5-15(25-2)6-4-14/h3-10H,1-2H3,(H,20,23)(H,21,22,24). The summed E-state index contributed by atoms with van der Waals surface area (Å²) in [6.07, 6.45) is 2.75. The number of methoxy groups -OCH3 is 1. The Morgan fingerprint density at radius 1 is 1.00 bits per heavy atom. The molecule has 2 heterocycles. The highest BCUT2D eigenvalue weighted by Crippen LogP contribution is 2.16. The molecule has 1 aromatic carbocycles. The first-order chi connectivity index (χ1) is 12.5. The van der Waals surface area contributed by atoms with Gasteiger partial charge in [0.1, 0.15) is 11.5 Å². The number of rotatable bonds is 5. The number of benzene rings is 1. The maximum Gasteiger partial charge on any atom is 0.258 e. The van der Waals surface area contributed by atoms with Crippen LogP contribution in [-0.4, -0.2) is 29.1 Å². The van der Waals surface area contributed by atoms with Crippen LogP contribution >= 0.6 is 0 Å². The molecule has 0 spiro atoms. The van der Waals surface area contributed by atoms with E-state index in [-0.39, 0.29) is 17.0 Å². The minimum Gasteiger partial charge on any atom is -0.497 e. The zero-order valence-electron chi connectivity index (χ0n) is 14.1. The summed E-state index contributed by atoms with van der Waals surface area (Å²) in [6, 6.07) is 9.94. The van der Waals surface area contributed by atoms with E-state index in [1.807, 2.05) is 0 Å². The van der Waals surface area contributed by atoms with E-state index in [1.54, 1.807) is 44.4 Å². The molecule has 0 saturated heterocycles. The fraction of sp³-hybridized carbons (Fsp3) is 0.111. The van der Waals surface area contributed by atoms with E-state index in [2.05, 4.69) is 20.8 Å². The van der Waals surface area contributed by atoms with Crippen LogP contribution in [0.1, 0.15) is 26.5 Å². The molecule has 132 valence electrons. The number of aromatic nitrogens is 2. The molecule has 3 aromatic rings. The minimum absolute atomic E-state index is 0.230. The van der Waals surface area contributed by atoms with Gasteiger partial charge in [-0.2, -0.15) is 0 Å². The first kappa shape index (κ1) is 17.2. The molecule has 0 saturated carbocycles. The Morgan fingerprint density at radius 2 is 1.65 bits per heavy atom. The Balaban J connectivity index is 1.71. The van der Waals surface area contributed by atoms with Crippen LogP contribution in [0.25, 0.3) is 0 Å². The minimum atomic E-state index is -0.440. The second-order valence-corrected chi connectivity index (χ2v) is 5.42. The van der Waals surface area contributed by atoms with Crippen molar-refractivity contribution >= 4 is 23.3 Å². The van der Waals surface area contributed by atoms with Gasteiger partial charge in [0.25, 0.3) is 11.8 Å². The molecule has 0 radical (unpaired) electrons. The summed E-state index contributed by atoms with van der Waals surface area (Å²) in [5, 5.41) is 9.01. The number of hydrogen-bond donors (Lipinski definition) is 2. The summed E-state index contributed by atoms with van der Waals surface area (Å²) in [5.74, 6) is 0.734. The van der Waals surface area contributed by atoms with Gasteiger partial charge in [-0.1, -0.05) is 5.16 Å². The predicted molar refractivity (Wildman–Crippen MR) is 94.4 cm³/mol. The Kier molecular flexibility index (Phi) is 4.93. The number of hydrogen-bond acceptors (Lipinski definition) is 6. The van der Waals surface area contributed by atoms with E-state index in [0.717, 1.165) is 0 Å². The third-order valence-corrected chi connectivity index (χ3v) is 3.48. The molecule has 2 aromatic heterocycles. The molecule has 2 N–H and O–H groups in total.